The van der Waals surface area contributed by atoms with Gasteiger partial charge in [-0.25, -0.2) is 9.59 Å². The monoisotopic (exact) mass is 215 g/mol. The van der Waals surface area contributed by atoms with Crippen LogP contribution in [-0.4, -0.2) is 17.2 Å². The third kappa shape index (κ3) is 2.39. The number of anilines is 1. The molecule has 0 heterocycles. The Morgan fingerprint density at radius 2 is 1.67 bits per heavy atom. The Morgan fingerprint density at radius 3 is 2.13 bits per heavy atom. The third-order valence-corrected chi connectivity index (χ3v) is 1.51. The lowest BCUT2D eigenvalue weighted by Gasteiger charge is -2.13. The predicted molar refractivity (Wildman–Crippen MR) is 48.0 cm³/mol. The topological polar surface area (TPSA) is 66.6 Å². The molecule has 0 spiro atoms. The van der Waals surface area contributed by atoms with Crippen LogP contribution in [0.3, 0.4) is 0 Å². The van der Waals surface area contributed by atoms with Gasteiger partial charge in [0.2, 0.25) is 0 Å². The number of hydrogen-bond acceptors (Lipinski definition) is 2. The standard InChI is InChI=1S/C8H7F2N3O2/c9-12(6-4-2-1-3-5-6)8(15)13(10)7(11)14/h1-5H,(H2,11,14). The molecule has 0 radical (unpaired) electrons. The molecule has 0 saturated carbocycles. The van der Waals surface area contributed by atoms with E-state index >= 15 is 0 Å². The Bertz CT molecular complexity index is 371. The van der Waals surface area contributed by atoms with Crippen molar-refractivity contribution in [3.8, 4) is 0 Å². The van der Waals surface area contributed by atoms with E-state index in [1.165, 1.54) is 24.3 Å². The molecule has 2 N–H and O–H groups in total. The van der Waals surface area contributed by atoms with E-state index < -0.39 is 22.3 Å². The highest BCUT2D eigenvalue weighted by Crippen LogP contribution is 2.15. The Morgan fingerprint density at radius 1 is 1.13 bits per heavy atom. The number of imide groups is 1. The Kier molecular flexibility index (Phi) is 3.17. The number of carbonyl (C=O) groups is 2. The summed E-state index contributed by atoms with van der Waals surface area (Å²) in [5.41, 5.74) is 4.25. The maximum Gasteiger partial charge on any atom is 0.390 e. The molecule has 0 aromatic heterocycles. The van der Waals surface area contributed by atoms with Gasteiger partial charge >= 0.3 is 12.1 Å². The summed E-state index contributed by atoms with van der Waals surface area (Å²) in [6.45, 7) is 0. The van der Waals surface area contributed by atoms with Gasteiger partial charge < -0.3 is 5.73 Å². The fourth-order valence-electron chi connectivity index (χ4n) is 0.841. The van der Waals surface area contributed by atoms with Gasteiger partial charge in [0, 0.05) is 0 Å². The summed E-state index contributed by atoms with van der Waals surface area (Å²) in [7, 11) is 0. The number of urea groups is 2. The first-order valence-electron chi connectivity index (χ1n) is 3.84. The van der Waals surface area contributed by atoms with Gasteiger partial charge in [-0.3, -0.25) is 0 Å². The van der Waals surface area contributed by atoms with Crippen LogP contribution in [0.5, 0.6) is 0 Å². The van der Waals surface area contributed by atoms with Gasteiger partial charge in [-0.05, 0) is 12.1 Å². The summed E-state index contributed by atoms with van der Waals surface area (Å²) >= 11 is 0. The average molecular weight is 215 g/mol. The summed E-state index contributed by atoms with van der Waals surface area (Å²) in [6.07, 6.45) is 0. The number of para-hydroxylation sites is 1. The van der Waals surface area contributed by atoms with Gasteiger partial charge in [0.1, 0.15) is 0 Å². The van der Waals surface area contributed by atoms with Crippen molar-refractivity contribution in [2.75, 3.05) is 5.12 Å². The smallest absolute Gasteiger partial charge is 0.349 e. The fourth-order valence-corrected chi connectivity index (χ4v) is 0.841. The number of primary amides is 1. The summed E-state index contributed by atoms with van der Waals surface area (Å²) < 4.78 is 25.7. The highest BCUT2D eigenvalue weighted by atomic mass is 19.2. The van der Waals surface area contributed by atoms with Crippen LogP contribution < -0.4 is 10.9 Å². The van der Waals surface area contributed by atoms with Crippen LogP contribution in [0.15, 0.2) is 30.3 Å². The van der Waals surface area contributed by atoms with Crippen molar-refractivity contribution in [3.05, 3.63) is 30.3 Å². The Hall–Kier alpha value is -2.18. The first-order valence-corrected chi connectivity index (χ1v) is 3.84. The molecule has 5 nitrogen and oxygen atoms in total. The van der Waals surface area contributed by atoms with Crippen molar-refractivity contribution in [3.63, 3.8) is 0 Å². The van der Waals surface area contributed by atoms with Crippen LogP contribution in [0.25, 0.3) is 0 Å². The van der Waals surface area contributed by atoms with Crippen molar-refractivity contribution in [1.29, 1.82) is 0 Å². The number of nitrogens with zero attached hydrogens (tertiary/aromatic N) is 2. The summed E-state index contributed by atoms with van der Waals surface area (Å²) in [6, 6.07) is 3.46. The zero-order valence-electron chi connectivity index (χ0n) is 7.43. The second-order valence-electron chi connectivity index (χ2n) is 2.52. The van der Waals surface area contributed by atoms with E-state index in [0.29, 0.717) is 0 Å². The minimum atomic E-state index is -1.80. The van der Waals surface area contributed by atoms with Crippen molar-refractivity contribution in [1.82, 2.24) is 5.12 Å². The largest absolute Gasteiger partial charge is 0.390 e. The van der Waals surface area contributed by atoms with E-state index in [2.05, 4.69) is 5.73 Å². The molecule has 0 saturated heterocycles. The normalized spacial score (nSPS) is 9.47. The molecular weight excluding hydrogens is 208 g/mol. The van der Waals surface area contributed by atoms with Gasteiger partial charge in [0.05, 0.1) is 5.69 Å². The molecule has 1 rings (SSSR count). The van der Waals surface area contributed by atoms with E-state index in [4.69, 9.17) is 0 Å². The second kappa shape index (κ2) is 4.36. The quantitative estimate of drug-likeness (QED) is 0.725. The van der Waals surface area contributed by atoms with E-state index in [1.54, 1.807) is 6.07 Å². The number of amides is 4. The lowest BCUT2D eigenvalue weighted by molar-refractivity contribution is 0.0949. The van der Waals surface area contributed by atoms with Gasteiger partial charge in [0.25, 0.3) is 0 Å². The number of hydrogen-bond donors (Lipinski definition) is 1. The zero-order chi connectivity index (χ0) is 11.4. The molecule has 0 aliphatic rings. The fraction of sp³-hybridized carbons (Fsp3) is 0. The SMILES string of the molecule is NC(=O)N(F)C(=O)N(F)c1ccccc1. The zero-order valence-corrected chi connectivity index (χ0v) is 7.43. The van der Waals surface area contributed by atoms with E-state index in [0.717, 1.165) is 0 Å². The maximum absolute atomic E-state index is 13.1. The van der Waals surface area contributed by atoms with Gasteiger partial charge in [0.15, 0.2) is 0 Å². The van der Waals surface area contributed by atoms with Gasteiger partial charge in [-0.2, -0.15) is 0 Å². The molecule has 0 fully saturated rings. The van der Waals surface area contributed by atoms with E-state index in [9.17, 15) is 18.6 Å². The van der Waals surface area contributed by atoms with Gasteiger partial charge in [-0.1, -0.05) is 32.3 Å². The molecule has 0 atom stereocenters. The molecule has 0 aliphatic heterocycles. The van der Waals surface area contributed by atoms with Crippen molar-refractivity contribution < 1.29 is 18.6 Å². The molecule has 4 amide bonds. The molecule has 1 aromatic rings. The molecule has 15 heavy (non-hydrogen) atoms. The lowest BCUT2D eigenvalue weighted by Crippen LogP contribution is -2.40. The molecule has 1 aromatic carbocycles. The third-order valence-electron chi connectivity index (χ3n) is 1.51. The Labute approximate surface area is 83.5 Å². The van der Waals surface area contributed by atoms with Gasteiger partial charge in [-0.15, -0.1) is 5.12 Å². The summed E-state index contributed by atoms with van der Waals surface area (Å²) in [5.74, 6) is 0. The summed E-state index contributed by atoms with van der Waals surface area (Å²) in [5, 5.41) is -1.54. The van der Waals surface area contributed by atoms with Crippen molar-refractivity contribution in [2.45, 2.75) is 0 Å². The van der Waals surface area contributed by atoms with Crippen LogP contribution in [0.4, 0.5) is 24.2 Å². The second-order valence-corrected chi connectivity index (χ2v) is 2.52. The number of halogens is 2. The van der Waals surface area contributed by atoms with Crippen LogP contribution in [0.1, 0.15) is 0 Å². The van der Waals surface area contributed by atoms with Crippen LogP contribution in [0, 0.1) is 0 Å². The molecular formula is C8H7F2N3O2. The lowest BCUT2D eigenvalue weighted by atomic mass is 10.3. The molecule has 0 bridgehead atoms. The van der Waals surface area contributed by atoms with Crippen molar-refractivity contribution >= 4 is 17.7 Å². The van der Waals surface area contributed by atoms with Crippen LogP contribution in [-0.2, 0) is 0 Å². The number of carbonyl (C=O) groups excluding carboxylic acids is 2. The Balaban J connectivity index is 2.82. The summed E-state index contributed by atoms with van der Waals surface area (Å²) in [4.78, 5) is 21.1. The maximum atomic E-state index is 13.1. The van der Waals surface area contributed by atoms with Crippen LogP contribution in [0.2, 0.25) is 0 Å². The first kappa shape index (κ1) is 10.9. The number of nitrogens with two attached hydrogens (primary N) is 1. The number of benzene rings is 1. The molecule has 0 unspecified atom stereocenters. The first-order chi connectivity index (χ1) is 7.04. The minimum Gasteiger partial charge on any atom is -0.349 e. The number of rotatable bonds is 1. The highest BCUT2D eigenvalue weighted by Gasteiger charge is 2.26. The van der Waals surface area contributed by atoms with E-state index in [1.807, 2.05) is 0 Å². The van der Waals surface area contributed by atoms with Crippen LogP contribution >= 0.6 is 0 Å². The van der Waals surface area contributed by atoms with E-state index in [-0.39, 0.29) is 5.69 Å². The van der Waals surface area contributed by atoms with Crippen molar-refractivity contribution in [2.24, 2.45) is 5.73 Å². The molecule has 7 heteroatoms. The predicted octanol–water partition coefficient (Wildman–Crippen LogP) is 1.76. The highest BCUT2D eigenvalue weighted by molar-refractivity contribution is 5.99. The average Bonchev–Trinajstić information content (AvgIpc) is 2.27. The molecule has 80 valence electrons. The molecule has 0 aliphatic carbocycles. The minimum absolute atomic E-state index is 0.202.